The first-order chi connectivity index (χ1) is 18.5. The molecule has 3 aromatic rings. The molecule has 0 atom stereocenters. The second kappa shape index (κ2) is 15.2. The standard InChI is InChI=1S/C32H44N2O4/c1-3-5-7-9-11-13-15-25-27-17-23(21-33-37)32(36)20-30(27)26(16-14-12-10-8-6-4-2)28-18-24(22-34-38)31(35)19-29(25)28/h17-22,35-38H,3-16H2,1-2H3. The fourth-order valence-corrected chi connectivity index (χ4v) is 5.53. The van der Waals surface area contributed by atoms with Gasteiger partial charge in [-0.2, -0.15) is 0 Å². The largest absolute Gasteiger partial charge is 0.507 e. The van der Waals surface area contributed by atoms with Gasteiger partial charge in [-0.3, -0.25) is 0 Å². The van der Waals surface area contributed by atoms with Crippen LogP contribution in [0.3, 0.4) is 0 Å². The van der Waals surface area contributed by atoms with E-state index in [1.807, 2.05) is 12.1 Å². The summed E-state index contributed by atoms with van der Waals surface area (Å²) in [6.45, 7) is 4.44. The van der Waals surface area contributed by atoms with E-state index >= 15 is 0 Å². The number of hydrogen-bond acceptors (Lipinski definition) is 6. The van der Waals surface area contributed by atoms with Crippen LogP contribution in [0.2, 0.25) is 0 Å². The third-order valence-corrected chi connectivity index (χ3v) is 7.59. The number of hydrogen-bond donors (Lipinski definition) is 4. The second-order valence-corrected chi connectivity index (χ2v) is 10.4. The number of aromatic hydroxyl groups is 2. The monoisotopic (exact) mass is 520 g/mol. The zero-order valence-electron chi connectivity index (χ0n) is 23.0. The molecule has 0 amide bonds. The van der Waals surface area contributed by atoms with E-state index in [0.29, 0.717) is 11.1 Å². The van der Waals surface area contributed by atoms with Crippen LogP contribution in [0, 0.1) is 0 Å². The molecule has 0 bridgehead atoms. The van der Waals surface area contributed by atoms with Gasteiger partial charge in [0.15, 0.2) is 0 Å². The molecule has 0 aliphatic carbocycles. The van der Waals surface area contributed by atoms with Crippen LogP contribution in [0.5, 0.6) is 11.5 Å². The summed E-state index contributed by atoms with van der Waals surface area (Å²) in [6.07, 6.45) is 18.3. The summed E-state index contributed by atoms with van der Waals surface area (Å²) in [6, 6.07) is 7.38. The molecule has 0 unspecified atom stereocenters. The summed E-state index contributed by atoms with van der Waals surface area (Å²) >= 11 is 0. The predicted molar refractivity (Wildman–Crippen MR) is 158 cm³/mol. The van der Waals surface area contributed by atoms with E-state index in [0.717, 1.165) is 71.2 Å². The summed E-state index contributed by atoms with van der Waals surface area (Å²) in [4.78, 5) is 0. The Balaban J connectivity index is 2.15. The van der Waals surface area contributed by atoms with Crippen molar-refractivity contribution in [3.63, 3.8) is 0 Å². The number of aryl methyl sites for hydroxylation is 2. The third-order valence-electron chi connectivity index (χ3n) is 7.59. The lowest BCUT2D eigenvalue weighted by atomic mass is 9.85. The average Bonchev–Trinajstić information content (AvgIpc) is 2.90. The van der Waals surface area contributed by atoms with Crippen LogP contribution in [0.4, 0.5) is 0 Å². The van der Waals surface area contributed by atoms with Crippen LogP contribution in [-0.2, 0) is 12.8 Å². The zero-order chi connectivity index (χ0) is 27.3. The smallest absolute Gasteiger partial charge is 0.125 e. The van der Waals surface area contributed by atoms with Crippen molar-refractivity contribution < 1.29 is 20.6 Å². The number of unbranched alkanes of at least 4 members (excludes halogenated alkanes) is 10. The molecule has 4 N–H and O–H groups in total. The Morgan fingerprint density at radius 2 is 0.868 bits per heavy atom. The minimum atomic E-state index is 0.0697. The summed E-state index contributed by atoms with van der Waals surface area (Å²) in [7, 11) is 0. The highest BCUT2D eigenvalue weighted by Crippen LogP contribution is 2.40. The Kier molecular flexibility index (Phi) is 11.7. The van der Waals surface area contributed by atoms with E-state index in [4.69, 9.17) is 0 Å². The third kappa shape index (κ3) is 7.40. The van der Waals surface area contributed by atoms with Crippen molar-refractivity contribution in [3.8, 4) is 11.5 Å². The number of phenolic OH excluding ortho intramolecular Hbond substituents is 2. The molecule has 3 rings (SSSR count). The van der Waals surface area contributed by atoms with Gasteiger partial charge in [-0.25, -0.2) is 0 Å². The van der Waals surface area contributed by atoms with Crippen LogP contribution in [0.15, 0.2) is 34.6 Å². The Morgan fingerprint density at radius 1 is 0.526 bits per heavy atom. The van der Waals surface area contributed by atoms with Gasteiger partial charge in [0.25, 0.3) is 0 Å². The number of rotatable bonds is 16. The summed E-state index contributed by atoms with van der Waals surface area (Å²) in [5, 5.41) is 50.2. The van der Waals surface area contributed by atoms with Crippen LogP contribution in [0.1, 0.15) is 113 Å². The molecular formula is C32H44N2O4. The molecule has 6 nitrogen and oxygen atoms in total. The molecule has 38 heavy (non-hydrogen) atoms. The molecule has 0 fully saturated rings. The van der Waals surface area contributed by atoms with Gasteiger partial charge in [-0.15, -0.1) is 0 Å². The van der Waals surface area contributed by atoms with Gasteiger partial charge in [0, 0.05) is 11.1 Å². The highest BCUT2D eigenvalue weighted by Gasteiger charge is 2.18. The van der Waals surface area contributed by atoms with Crippen LogP contribution < -0.4 is 0 Å². The SMILES string of the molecule is CCCCCCCCc1c2cc(O)c(C=NO)cc2c(CCCCCCCC)c2cc(O)c(C=NO)cc12. The van der Waals surface area contributed by atoms with Crippen LogP contribution in [0.25, 0.3) is 21.5 Å². The number of benzene rings is 3. The van der Waals surface area contributed by atoms with Gasteiger partial charge in [0.05, 0.1) is 12.4 Å². The zero-order valence-corrected chi connectivity index (χ0v) is 23.0. The highest BCUT2D eigenvalue weighted by atomic mass is 16.4. The van der Waals surface area contributed by atoms with Crippen molar-refractivity contribution in [1.82, 2.24) is 0 Å². The second-order valence-electron chi connectivity index (χ2n) is 10.4. The number of fused-ring (bicyclic) bond motifs is 2. The fraction of sp³-hybridized carbons (Fsp3) is 0.500. The molecule has 0 aliphatic rings. The number of oxime groups is 2. The molecular weight excluding hydrogens is 476 g/mol. The first-order valence-electron chi connectivity index (χ1n) is 14.4. The van der Waals surface area contributed by atoms with Crippen LogP contribution in [-0.4, -0.2) is 33.1 Å². The molecule has 0 spiro atoms. The molecule has 206 valence electrons. The van der Waals surface area contributed by atoms with E-state index < -0.39 is 0 Å². The topological polar surface area (TPSA) is 106 Å². The van der Waals surface area contributed by atoms with E-state index in [2.05, 4.69) is 24.2 Å². The maximum absolute atomic E-state index is 10.8. The number of nitrogens with zero attached hydrogens (tertiary/aromatic N) is 2. The maximum atomic E-state index is 10.8. The lowest BCUT2D eigenvalue weighted by molar-refractivity contribution is 0.321. The maximum Gasteiger partial charge on any atom is 0.125 e. The van der Waals surface area contributed by atoms with Gasteiger partial charge >= 0.3 is 0 Å². The average molecular weight is 521 g/mol. The molecule has 0 saturated heterocycles. The molecule has 0 aliphatic heterocycles. The van der Waals surface area contributed by atoms with Crippen molar-refractivity contribution in [1.29, 1.82) is 0 Å². The van der Waals surface area contributed by atoms with Crippen molar-refractivity contribution in [3.05, 3.63) is 46.5 Å². The molecule has 6 heteroatoms. The van der Waals surface area contributed by atoms with E-state index in [9.17, 15) is 20.6 Å². The van der Waals surface area contributed by atoms with Crippen molar-refractivity contribution >= 4 is 34.0 Å². The van der Waals surface area contributed by atoms with Gasteiger partial charge in [-0.05, 0) is 82.6 Å². The normalized spacial score (nSPS) is 12.1. The fourth-order valence-electron chi connectivity index (χ4n) is 5.53. The van der Waals surface area contributed by atoms with Crippen LogP contribution >= 0.6 is 0 Å². The lowest BCUT2D eigenvalue weighted by Crippen LogP contribution is -2.00. The van der Waals surface area contributed by atoms with Crippen molar-refractivity contribution in [2.45, 2.75) is 104 Å². The Hall–Kier alpha value is -3.28. The molecule has 0 radical (unpaired) electrons. The van der Waals surface area contributed by atoms with Gasteiger partial charge in [-0.1, -0.05) is 88.4 Å². The molecule has 0 heterocycles. The number of phenols is 2. The van der Waals surface area contributed by atoms with E-state index in [1.165, 1.54) is 63.8 Å². The summed E-state index contributed by atoms with van der Waals surface area (Å²) in [5.41, 5.74) is 3.16. The quantitative estimate of drug-likeness (QED) is 0.0497. The first-order valence-corrected chi connectivity index (χ1v) is 14.4. The van der Waals surface area contributed by atoms with Gasteiger partial charge < -0.3 is 20.6 Å². The minimum absolute atomic E-state index is 0.0697. The highest BCUT2D eigenvalue weighted by molar-refractivity contribution is 6.09. The van der Waals surface area contributed by atoms with Gasteiger partial charge in [0.1, 0.15) is 11.5 Å². The predicted octanol–water partition coefficient (Wildman–Crippen LogP) is 8.83. The first kappa shape index (κ1) is 29.3. The van der Waals surface area contributed by atoms with E-state index in [-0.39, 0.29) is 11.5 Å². The minimum Gasteiger partial charge on any atom is -0.507 e. The molecule has 0 saturated carbocycles. The summed E-state index contributed by atoms with van der Waals surface area (Å²) in [5.74, 6) is 0.139. The van der Waals surface area contributed by atoms with Crippen molar-refractivity contribution in [2.75, 3.05) is 0 Å². The molecule has 0 aromatic heterocycles. The Morgan fingerprint density at radius 3 is 1.24 bits per heavy atom. The lowest BCUT2D eigenvalue weighted by Gasteiger charge is -2.19. The Labute approximate surface area is 226 Å². The molecule has 3 aromatic carbocycles. The van der Waals surface area contributed by atoms with Crippen molar-refractivity contribution in [2.24, 2.45) is 10.3 Å². The van der Waals surface area contributed by atoms with Gasteiger partial charge in [0.2, 0.25) is 0 Å². The Bertz CT molecular complexity index is 1150. The van der Waals surface area contributed by atoms with E-state index in [1.54, 1.807) is 12.1 Å². The summed E-state index contributed by atoms with van der Waals surface area (Å²) < 4.78 is 0.